The summed E-state index contributed by atoms with van der Waals surface area (Å²) in [5.41, 5.74) is 0.786. The number of carbonyl (C=O) groups excluding carboxylic acids is 1. The van der Waals surface area contributed by atoms with Crippen molar-refractivity contribution in [3.8, 4) is 6.07 Å². The minimum atomic E-state index is -3.75. The average Bonchev–Trinajstić information content (AvgIpc) is 2.59. The molecule has 1 aromatic heterocycles. The molecule has 0 saturated heterocycles. The maximum absolute atomic E-state index is 11.4. The van der Waals surface area contributed by atoms with Crippen molar-refractivity contribution >= 4 is 33.0 Å². The standard InChI is InChI=1S/C9H10N2O4S2/c1-6-5-16-8(9(12)15-2)7(6)11-17(13,14)4-3-10/h5,11H,4H2,1-2H3. The van der Waals surface area contributed by atoms with Crippen molar-refractivity contribution in [2.45, 2.75) is 6.92 Å². The van der Waals surface area contributed by atoms with Gasteiger partial charge in [-0.3, -0.25) is 4.72 Å². The number of anilines is 1. The highest BCUT2D eigenvalue weighted by Crippen LogP contribution is 2.29. The van der Waals surface area contributed by atoms with Crippen LogP contribution in [-0.4, -0.2) is 27.2 Å². The lowest BCUT2D eigenvalue weighted by molar-refractivity contribution is 0.0607. The SMILES string of the molecule is COC(=O)c1scc(C)c1NS(=O)(=O)CC#N. The first-order chi connectivity index (χ1) is 7.91. The highest BCUT2D eigenvalue weighted by Gasteiger charge is 2.20. The summed E-state index contributed by atoms with van der Waals surface area (Å²) in [5, 5.41) is 10.0. The van der Waals surface area contributed by atoms with E-state index in [4.69, 9.17) is 5.26 Å². The summed E-state index contributed by atoms with van der Waals surface area (Å²) in [5.74, 6) is -1.28. The molecule has 0 aliphatic rings. The minimum absolute atomic E-state index is 0.173. The van der Waals surface area contributed by atoms with Gasteiger partial charge in [0.2, 0.25) is 10.0 Å². The number of carbonyl (C=O) groups is 1. The predicted molar refractivity (Wildman–Crippen MR) is 63.4 cm³/mol. The third-order valence-electron chi connectivity index (χ3n) is 1.86. The van der Waals surface area contributed by atoms with Crippen molar-refractivity contribution in [3.05, 3.63) is 15.8 Å². The van der Waals surface area contributed by atoms with E-state index in [9.17, 15) is 13.2 Å². The van der Waals surface area contributed by atoms with Crippen LogP contribution in [0.4, 0.5) is 5.69 Å². The second-order valence-corrected chi connectivity index (χ2v) is 5.74. The number of aryl methyl sites for hydroxylation is 1. The Kier molecular flexibility index (Phi) is 4.09. The second-order valence-electron chi connectivity index (χ2n) is 3.13. The molecule has 1 aromatic rings. The molecular formula is C9H10N2O4S2. The summed E-state index contributed by atoms with van der Waals surface area (Å²) in [6.45, 7) is 1.66. The van der Waals surface area contributed by atoms with Gasteiger partial charge in [-0.1, -0.05) is 0 Å². The predicted octanol–water partition coefficient (Wildman–Crippen LogP) is 1.11. The van der Waals surface area contributed by atoms with Gasteiger partial charge in [0.1, 0.15) is 4.88 Å². The lowest BCUT2D eigenvalue weighted by Crippen LogP contribution is -2.17. The van der Waals surface area contributed by atoms with Gasteiger partial charge in [-0.2, -0.15) is 5.26 Å². The van der Waals surface area contributed by atoms with Crippen molar-refractivity contribution < 1.29 is 17.9 Å². The molecule has 0 radical (unpaired) electrons. The number of nitrogens with zero attached hydrogens (tertiary/aromatic N) is 1. The molecule has 0 atom stereocenters. The molecule has 8 heteroatoms. The van der Waals surface area contributed by atoms with Crippen molar-refractivity contribution in [2.24, 2.45) is 0 Å². The Labute approximate surface area is 103 Å². The number of nitrogens with one attached hydrogen (secondary N) is 1. The number of nitriles is 1. The number of ether oxygens (including phenoxy) is 1. The van der Waals surface area contributed by atoms with Gasteiger partial charge in [0.05, 0.1) is 18.9 Å². The molecule has 0 unspecified atom stereocenters. The van der Waals surface area contributed by atoms with Crippen LogP contribution in [0.1, 0.15) is 15.2 Å². The van der Waals surface area contributed by atoms with Crippen LogP contribution in [0, 0.1) is 18.3 Å². The van der Waals surface area contributed by atoms with Crippen LogP contribution in [-0.2, 0) is 14.8 Å². The van der Waals surface area contributed by atoms with Gasteiger partial charge < -0.3 is 4.74 Å². The molecule has 0 aliphatic heterocycles. The Morgan fingerprint density at radius 3 is 2.82 bits per heavy atom. The van der Waals surface area contributed by atoms with E-state index in [0.29, 0.717) is 5.56 Å². The van der Waals surface area contributed by atoms with E-state index in [1.54, 1.807) is 12.3 Å². The first-order valence-corrected chi connectivity index (χ1v) is 6.98. The molecule has 1 heterocycles. The number of hydrogen-bond donors (Lipinski definition) is 1. The van der Waals surface area contributed by atoms with Crippen LogP contribution in [0.25, 0.3) is 0 Å². The van der Waals surface area contributed by atoms with Crippen molar-refractivity contribution in [2.75, 3.05) is 17.6 Å². The zero-order valence-electron chi connectivity index (χ0n) is 9.18. The molecule has 1 rings (SSSR count). The smallest absolute Gasteiger partial charge is 0.350 e. The van der Waals surface area contributed by atoms with Crippen LogP contribution in [0.5, 0.6) is 0 Å². The monoisotopic (exact) mass is 274 g/mol. The molecule has 17 heavy (non-hydrogen) atoms. The molecule has 6 nitrogen and oxygen atoms in total. The van der Waals surface area contributed by atoms with E-state index in [0.717, 1.165) is 11.3 Å². The number of thiophene rings is 1. The molecule has 1 N–H and O–H groups in total. The van der Waals surface area contributed by atoms with E-state index < -0.39 is 21.7 Å². The van der Waals surface area contributed by atoms with Gasteiger partial charge in [-0.25, -0.2) is 13.2 Å². The lowest BCUT2D eigenvalue weighted by atomic mass is 10.3. The van der Waals surface area contributed by atoms with Gasteiger partial charge in [-0.05, 0) is 17.9 Å². The zero-order valence-corrected chi connectivity index (χ0v) is 10.8. The topological polar surface area (TPSA) is 96.3 Å². The maximum Gasteiger partial charge on any atom is 0.350 e. The normalized spacial score (nSPS) is 10.6. The number of sulfonamides is 1. The quantitative estimate of drug-likeness (QED) is 0.829. The Bertz CT molecular complexity index is 568. The largest absolute Gasteiger partial charge is 0.465 e. The third-order valence-corrected chi connectivity index (χ3v) is 3.96. The summed E-state index contributed by atoms with van der Waals surface area (Å²) in [7, 11) is -2.54. The van der Waals surface area contributed by atoms with Gasteiger partial charge >= 0.3 is 5.97 Å². The van der Waals surface area contributed by atoms with Crippen LogP contribution >= 0.6 is 11.3 Å². The van der Waals surface area contributed by atoms with Crippen LogP contribution in [0.3, 0.4) is 0 Å². The van der Waals surface area contributed by atoms with Crippen molar-refractivity contribution in [1.29, 1.82) is 5.26 Å². The number of hydrogen-bond acceptors (Lipinski definition) is 6. The molecule has 92 valence electrons. The van der Waals surface area contributed by atoms with Gasteiger partial charge in [0.25, 0.3) is 0 Å². The van der Waals surface area contributed by atoms with Crippen LogP contribution < -0.4 is 4.72 Å². The Morgan fingerprint density at radius 2 is 2.29 bits per heavy atom. The Morgan fingerprint density at radius 1 is 1.65 bits per heavy atom. The first kappa shape index (κ1) is 13.5. The molecule has 0 spiro atoms. The fraction of sp³-hybridized carbons (Fsp3) is 0.333. The fourth-order valence-corrected chi connectivity index (χ4v) is 2.89. The van der Waals surface area contributed by atoms with E-state index in [2.05, 4.69) is 9.46 Å². The molecule has 0 saturated carbocycles. The molecule has 0 bridgehead atoms. The van der Waals surface area contributed by atoms with Gasteiger partial charge in [0, 0.05) is 0 Å². The van der Waals surface area contributed by atoms with E-state index in [1.165, 1.54) is 13.2 Å². The molecule has 0 amide bonds. The summed E-state index contributed by atoms with van der Waals surface area (Å²) in [4.78, 5) is 11.6. The van der Waals surface area contributed by atoms with Crippen molar-refractivity contribution in [1.82, 2.24) is 0 Å². The third kappa shape index (κ3) is 3.18. The molecule has 0 aliphatic carbocycles. The molecular weight excluding hydrogens is 264 g/mol. The van der Waals surface area contributed by atoms with E-state index in [1.807, 2.05) is 0 Å². The van der Waals surface area contributed by atoms with Crippen molar-refractivity contribution in [3.63, 3.8) is 0 Å². The highest BCUT2D eigenvalue weighted by molar-refractivity contribution is 7.92. The van der Waals surface area contributed by atoms with Gasteiger partial charge in [-0.15, -0.1) is 11.3 Å². The molecule has 0 fully saturated rings. The minimum Gasteiger partial charge on any atom is -0.465 e. The van der Waals surface area contributed by atoms with Crippen LogP contribution in [0.2, 0.25) is 0 Å². The summed E-state index contributed by atoms with van der Waals surface area (Å²) >= 11 is 1.08. The fourth-order valence-electron chi connectivity index (χ4n) is 1.09. The summed E-state index contributed by atoms with van der Waals surface area (Å²) < 4.78 is 29.6. The van der Waals surface area contributed by atoms with Gasteiger partial charge in [0.15, 0.2) is 5.75 Å². The highest BCUT2D eigenvalue weighted by atomic mass is 32.2. The number of rotatable bonds is 4. The second kappa shape index (κ2) is 5.16. The number of esters is 1. The zero-order chi connectivity index (χ0) is 13.1. The Hall–Kier alpha value is -1.59. The lowest BCUT2D eigenvalue weighted by Gasteiger charge is -2.06. The Balaban J connectivity index is 3.11. The van der Waals surface area contributed by atoms with Crippen LogP contribution in [0.15, 0.2) is 5.38 Å². The maximum atomic E-state index is 11.4. The summed E-state index contributed by atoms with van der Waals surface area (Å²) in [6.07, 6.45) is 0. The first-order valence-electron chi connectivity index (χ1n) is 4.45. The summed E-state index contributed by atoms with van der Waals surface area (Å²) in [6, 6.07) is 1.54. The average molecular weight is 274 g/mol. The molecule has 0 aromatic carbocycles. The number of methoxy groups -OCH3 is 1. The van der Waals surface area contributed by atoms with E-state index >= 15 is 0 Å². The van der Waals surface area contributed by atoms with E-state index in [-0.39, 0.29) is 10.6 Å².